The van der Waals surface area contributed by atoms with Gasteiger partial charge < -0.3 is 10.6 Å². The molecule has 0 spiro atoms. The van der Waals surface area contributed by atoms with Gasteiger partial charge in [0.2, 0.25) is 5.91 Å². The average Bonchev–Trinajstić information content (AvgIpc) is 3.20. The fourth-order valence-corrected chi connectivity index (χ4v) is 2.91. The topological polar surface area (TPSA) is 41.1 Å². The number of piperidine rings is 1. The van der Waals surface area contributed by atoms with E-state index in [4.69, 9.17) is 0 Å². The van der Waals surface area contributed by atoms with E-state index in [1.807, 2.05) is 0 Å². The van der Waals surface area contributed by atoms with Gasteiger partial charge in [0, 0.05) is 24.6 Å². The molecule has 0 radical (unpaired) electrons. The molecule has 3 rings (SSSR count). The summed E-state index contributed by atoms with van der Waals surface area (Å²) in [5.41, 5.74) is 0.452. The van der Waals surface area contributed by atoms with Crippen LogP contribution in [0.4, 0.5) is 8.78 Å². The lowest BCUT2D eigenvalue weighted by molar-refractivity contribution is -0.123. The summed E-state index contributed by atoms with van der Waals surface area (Å²) in [6.45, 7) is 1.80. The molecule has 116 valence electrons. The molecule has 1 saturated carbocycles. The van der Waals surface area contributed by atoms with E-state index in [1.54, 1.807) is 0 Å². The highest BCUT2D eigenvalue weighted by Gasteiger charge is 2.45. The summed E-state index contributed by atoms with van der Waals surface area (Å²) in [5.74, 6) is -1.41. The summed E-state index contributed by atoms with van der Waals surface area (Å²) in [4.78, 5) is 12.1. The van der Waals surface area contributed by atoms with Gasteiger partial charge in [0.15, 0.2) is 0 Å². The van der Waals surface area contributed by atoms with Crippen molar-refractivity contribution >= 4 is 18.3 Å². The SMILES string of the molecule is Cl.O=C(N[C@H]1CCCNC1)C1CC1c1ccc(F)cc1F. The van der Waals surface area contributed by atoms with E-state index in [0.717, 1.165) is 32.0 Å². The van der Waals surface area contributed by atoms with Crippen LogP contribution < -0.4 is 10.6 Å². The highest BCUT2D eigenvalue weighted by Crippen LogP contribution is 2.48. The third-order valence-electron chi connectivity index (χ3n) is 4.13. The summed E-state index contributed by atoms with van der Waals surface area (Å²) >= 11 is 0. The molecule has 2 fully saturated rings. The van der Waals surface area contributed by atoms with Crippen LogP contribution in [0.2, 0.25) is 0 Å². The molecule has 6 heteroatoms. The van der Waals surface area contributed by atoms with Crippen molar-refractivity contribution in [1.82, 2.24) is 10.6 Å². The number of halogens is 3. The number of rotatable bonds is 3. The predicted octanol–water partition coefficient (Wildman–Crippen LogP) is 2.36. The minimum atomic E-state index is -0.582. The standard InChI is InChI=1S/C15H18F2N2O.ClH/c16-9-3-4-11(14(17)6-9)12-7-13(12)15(20)19-10-2-1-5-18-8-10;/h3-4,6,10,12-13,18H,1-2,5,7-8H2,(H,19,20);1H/t10-,12?,13?;/m0./s1. The van der Waals surface area contributed by atoms with E-state index < -0.39 is 11.6 Å². The molecular formula is C15H19ClF2N2O. The van der Waals surface area contributed by atoms with Crippen LogP contribution in [0.1, 0.15) is 30.7 Å². The lowest BCUT2D eigenvalue weighted by atomic mass is 10.1. The Morgan fingerprint density at radius 3 is 2.81 bits per heavy atom. The summed E-state index contributed by atoms with van der Waals surface area (Å²) < 4.78 is 26.5. The minimum absolute atomic E-state index is 0. The van der Waals surface area contributed by atoms with Crippen molar-refractivity contribution in [2.45, 2.75) is 31.2 Å². The monoisotopic (exact) mass is 316 g/mol. The zero-order valence-electron chi connectivity index (χ0n) is 11.6. The van der Waals surface area contributed by atoms with Crippen LogP contribution in [-0.2, 0) is 4.79 Å². The van der Waals surface area contributed by atoms with E-state index >= 15 is 0 Å². The van der Waals surface area contributed by atoms with Crippen LogP contribution in [0.25, 0.3) is 0 Å². The molecule has 21 heavy (non-hydrogen) atoms. The fraction of sp³-hybridized carbons (Fsp3) is 0.533. The van der Waals surface area contributed by atoms with Crippen LogP contribution in [-0.4, -0.2) is 25.0 Å². The maximum atomic E-state index is 13.7. The third-order valence-corrected chi connectivity index (χ3v) is 4.13. The van der Waals surface area contributed by atoms with Gasteiger partial charge in [0.25, 0.3) is 0 Å². The van der Waals surface area contributed by atoms with Gasteiger partial charge in [-0.3, -0.25) is 4.79 Å². The molecular weight excluding hydrogens is 298 g/mol. The van der Waals surface area contributed by atoms with E-state index in [0.29, 0.717) is 12.0 Å². The zero-order valence-corrected chi connectivity index (χ0v) is 12.4. The second kappa shape index (κ2) is 6.71. The first kappa shape index (κ1) is 16.2. The average molecular weight is 317 g/mol. The van der Waals surface area contributed by atoms with Crippen LogP contribution in [0.5, 0.6) is 0 Å². The number of carbonyl (C=O) groups is 1. The van der Waals surface area contributed by atoms with Gasteiger partial charge in [-0.25, -0.2) is 8.78 Å². The smallest absolute Gasteiger partial charge is 0.224 e. The van der Waals surface area contributed by atoms with Gasteiger partial charge in [-0.1, -0.05) is 6.07 Å². The van der Waals surface area contributed by atoms with Crippen LogP contribution in [0.15, 0.2) is 18.2 Å². The lowest BCUT2D eigenvalue weighted by Crippen LogP contribution is -2.46. The van der Waals surface area contributed by atoms with Crippen molar-refractivity contribution in [1.29, 1.82) is 0 Å². The maximum Gasteiger partial charge on any atom is 0.224 e. The predicted molar refractivity (Wildman–Crippen MR) is 78.5 cm³/mol. The van der Waals surface area contributed by atoms with Gasteiger partial charge in [0.1, 0.15) is 11.6 Å². The maximum absolute atomic E-state index is 13.7. The third kappa shape index (κ3) is 3.71. The van der Waals surface area contributed by atoms with Gasteiger partial charge >= 0.3 is 0 Å². The van der Waals surface area contributed by atoms with E-state index in [2.05, 4.69) is 10.6 Å². The van der Waals surface area contributed by atoms with Crippen LogP contribution in [0, 0.1) is 17.6 Å². The van der Waals surface area contributed by atoms with Crippen molar-refractivity contribution in [3.63, 3.8) is 0 Å². The van der Waals surface area contributed by atoms with Crippen molar-refractivity contribution in [3.05, 3.63) is 35.4 Å². The van der Waals surface area contributed by atoms with Crippen LogP contribution >= 0.6 is 12.4 Å². The first-order valence-electron chi connectivity index (χ1n) is 7.11. The second-order valence-electron chi connectivity index (χ2n) is 5.67. The first-order chi connectivity index (χ1) is 9.65. The Hall–Kier alpha value is -1.20. The molecule has 2 aliphatic rings. The Balaban J connectivity index is 0.00000161. The molecule has 3 nitrogen and oxygen atoms in total. The molecule has 0 bridgehead atoms. The largest absolute Gasteiger partial charge is 0.352 e. The van der Waals surface area contributed by atoms with Crippen molar-refractivity contribution in [2.24, 2.45) is 5.92 Å². The summed E-state index contributed by atoms with van der Waals surface area (Å²) in [6.07, 6.45) is 2.70. The van der Waals surface area contributed by atoms with Gasteiger partial charge in [-0.15, -0.1) is 12.4 Å². The Morgan fingerprint density at radius 2 is 2.14 bits per heavy atom. The van der Waals surface area contributed by atoms with Crippen molar-refractivity contribution in [3.8, 4) is 0 Å². The Morgan fingerprint density at radius 1 is 1.33 bits per heavy atom. The summed E-state index contributed by atoms with van der Waals surface area (Å²) in [7, 11) is 0. The summed E-state index contributed by atoms with van der Waals surface area (Å²) in [5, 5.41) is 6.25. The zero-order chi connectivity index (χ0) is 14.1. The number of amides is 1. The Kier molecular flexibility index (Phi) is 5.17. The highest BCUT2D eigenvalue weighted by atomic mass is 35.5. The highest BCUT2D eigenvalue weighted by molar-refractivity contribution is 5.85. The molecule has 1 amide bonds. The number of carbonyl (C=O) groups excluding carboxylic acids is 1. The first-order valence-corrected chi connectivity index (χ1v) is 7.11. The molecule has 0 aromatic heterocycles. The summed E-state index contributed by atoms with van der Waals surface area (Å²) in [6, 6.07) is 3.76. The molecule has 3 atom stereocenters. The lowest BCUT2D eigenvalue weighted by Gasteiger charge is -2.23. The van der Waals surface area contributed by atoms with E-state index in [-0.39, 0.29) is 36.2 Å². The van der Waals surface area contributed by atoms with E-state index in [1.165, 1.54) is 12.1 Å². The molecule has 2 N–H and O–H groups in total. The molecule has 1 aliphatic heterocycles. The number of hydrogen-bond donors (Lipinski definition) is 2. The number of benzene rings is 1. The molecule has 1 saturated heterocycles. The van der Waals surface area contributed by atoms with Crippen LogP contribution in [0.3, 0.4) is 0 Å². The van der Waals surface area contributed by atoms with Crippen molar-refractivity contribution < 1.29 is 13.6 Å². The normalized spacial score (nSPS) is 27.6. The van der Waals surface area contributed by atoms with Gasteiger partial charge in [-0.05, 0) is 43.4 Å². The molecule has 2 unspecified atom stereocenters. The number of nitrogens with one attached hydrogen (secondary N) is 2. The van der Waals surface area contributed by atoms with Gasteiger partial charge in [-0.2, -0.15) is 0 Å². The second-order valence-corrected chi connectivity index (χ2v) is 5.67. The fourth-order valence-electron chi connectivity index (χ4n) is 2.91. The molecule has 1 aromatic carbocycles. The molecule has 1 aliphatic carbocycles. The van der Waals surface area contributed by atoms with Crippen molar-refractivity contribution in [2.75, 3.05) is 13.1 Å². The van der Waals surface area contributed by atoms with E-state index in [9.17, 15) is 13.6 Å². The quantitative estimate of drug-likeness (QED) is 0.899. The Labute approximate surface area is 128 Å². The number of hydrogen-bond acceptors (Lipinski definition) is 2. The minimum Gasteiger partial charge on any atom is -0.352 e. The molecule has 1 heterocycles. The molecule has 1 aromatic rings. The van der Waals surface area contributed by atoms with Gasteiger partial charge in [0.05, 0.1) is 0 Å². The Bertz CT molecular complexity index is 520.